The van der Waals surface area contributed by atoms with Crippen molar-refractivity contribution in [3.05, 3.63) is 46.6 Å². The lowest BCUT2D eigenvalue weighted by Gasteiger charge is -2.14. The van der Waals surface area contributed by atoms with Crippen LogP contribution in [0.15, 0.2) is 45.6 Å². The minimum Gasteiger partial charge on any atom is -0.497 e. The summed E-state index contributed by atoms with van der Waals surface area (Å²) >= 11 is 0. The lowest BCUT2D eigenvalue weighted by Crippen LogP contribution is -2.09. The van der Waals surface area contributed by atoms with E-state index in [9.17, 15) is 9.59 Å². The molecule has 7 heteroatoms. The zero-order valence-corrected chi connectivity index (χ0v) is 15.3. The Morgan fingerprint density at radius 2 is 1.63 bits per heavy atom. The van der Waals surface area contributed by atoms with Crippen LogP contribution in [-0.4, -0.2) is 27.3 Å². The average Bonchev–Trinajstić information content (AvgIpc) is 2.66. The molecule has 0 spiro atoms. The number of carbonyl (C=O) groups is 1. The van der Waals surface area contributed by atoms with Crippen LogP contribution in [0.5, 0.6) is 23.0 Å². The monoisotopic (exact) mass is 370 g/mol. The van der Waals surface area contributed by atoms with E-state index in [4.69, 9.17) is 23.4 Å². The summed E-state index contributed by atoms with van der Waals surface area (Å²) in [5, 5.41) is 0.0973. The number of methoxy groups -OCH3 is 3. The summed E-state index contributed by atoms with van der Waals surface area (Å²) in [7, 11) is 4.44. The van der Waals surface area contributed by atoms with E-state index in [2.05, 4.69) is 0 Å². The molecular weight excluding hydrogens is 352 g/mol. The van der Waals surface area contributed by atoms with E-state index in [1.165, 1.54) is 33.3 Å². The van der Waals surface area contributed by atoms with Gasteiger partial charge in [-0.15, -0.1) is 0 Å². The van der Waals surface area contributed by atoms with Gasteiger partial charge < -0.3 is 23.4 Å². The molecule has 7 nitrogen and oxygen atoms in total. The summed E-state index contributed by atoms with van der Waals surface area (Å²) in [5.74, 6) is 0.994. The van der Waals surface area contributed by atoms with Gasteiger partial charge >= 0.3 is 5.97 Å². The Kier molecular flexibility index (Phi) is 5.03. The van der Waals surface area contributed by atoms with E-state index in [1.807, 2.05) is 0 Å². The smallest absolute Gasteiger partial charge is 0.308 e. The highest BCUT2D eigenvalue weighted by Crippen LogP contribution is 2.41. The maximum atomic E-state index is 12.8. The van der Waals surface area contributed by atoms with E-state index in [0.717, 1.165) is 0 Å². The van der Waals surface area contributed by atoms with Crippen molar-refractivity contribution in [2.45, 2.75) is 6.92 Å². The molecule has 3 aromatic rings. The number of hydrogen-bond acceptors (Lipinski definition) is 7. The highest BCUT2D eigenvalue weighted by Gasteiger charge is 2.21. The first kappa shape index (κ1) is 18.3. The molecule has 0 saturated carbocycles. The normalized spacial score (nSPS) is 10.5. The van der Waals surface area contributed by atoms with Gasteiger partial charge in [-0.05, 0) is 24.3 Å². The Morgan fingerprint density at radius 1 is 0.926 bits per heavy atom. The molecule has 3 rings (SSSR count). The highest BCUT2D eigenvalue weighted by atomic mass is 16.5. The van der Waals surface area contributed by atoms with Crippen molar-refractivity contribution in [1.82, 2.24) is 0 Å². The zero-order chi connectivity index (χ0) is 19.6. The van der Waals surface area contributed by atoms with Crippen molar-refractivity contribution < 1.29 is 28.2 Å². The molecule has 0 saturated heterocycles. The Hall–Kier alpha value is -3.48. The number of rotatable bonds is 5. The van der Waals surface area contributed by atoms with Crippen molar-refractivity contribution >= 4 is 16.9 Å². The predicted octanol–water partition coefficient (Wildman–Crippen LogP) is 3.41. The largest absolute Gasteiger partial charge is 0.497 e. The number of ether oxygens (including phenoxy) is 4. The number of carbonyl (C=O) groups excluding carboxylic acids is 1. The molecule has 0 fully saturated rings. The van der Waals surface area contributed by atoms with Gasteiger partial charge in [0.2, 0.25) is 5.75 Å². The van der Waals surface area contributed by atoms with Crippen LogP contribution in [0.1, 0.15) is 6.92 Å². The first-order valence-electron chi connectivity index (χ1n) is 8.04. The molecule has 0 aliphatic heterocycles. The number of hydrogen-bond donors (Lipinski definition) is 0. The zero-order valence-electron chi connectivity index (χ0n) is 15.3. The summed E-state index contributed by atoms with van der Waals surface area (Å²) in [6.45, 7) is 1.25. The van der Waals surface area contributed by atoms with Gasteiger partial charge in [-0.2, -0.15) is 0 Å². The van der Waals surface area contributed by atoms with Crippen LogP contribution in [0, 0.1) is 0 Å². The standard InChI is InChI=1S/C20H18O7/c1-11(21)26-16-10-17(24-3)19(25-4)20-18(16)14(22)9-15(27-20)12-5-7-13(23-2)8-6-12/h5-10H,1-4H3. The van der Waals surface area contributed by atoms with Crippen molar-refractivity contribution in [2.24, 2.45) is 0 Å². The molecule has 1 heterocycles. The third-order valence-corrected chi connectivity index (χ3v) is 3.94. The highest BCUT2D eigenvalue weighted by molar-refractivity contribution is 5.93. The van der Waals surface area contributed by atoms with Crippen LogP contribution in [-0.2, 0) is 4.79 Å². The SMILES string of the molecule is COc1ccc(-c2cc(=O)c3c(OC(C)=O)cc(OC)c(OC)c3o2)cc1. The molecule has 140 valence electrons. The Balaban J connectivity index is 2.31. The second-order valence-electron chi connectivity index (χ2n) is 5.61. The van der Waals surface area contributed by atoms with Gasteiger partial charge in [-0.3, -0.25) is 9.59 Å². The first-order valence-corrected chi connectivity index (χ1v) is 8.04. The van der Waals surface area contributed by atoms with Crippen LogP contribution in [0.2, 0.25) is 0 Å². The summed E-state index contributed by atoms with van der Waals surface area (Å²) in [4.78, 5) is 24.2. The second kappa shape index (κ2) is 7.41. The third kappa shape index (κ3) is 3.44. The fourth-order valence-electron chi connectivity index (χ4n) is 2.73. The Morgan fingerprint density at radius 3 is 2.19 bits per heavy atom. The summed E-state index contributed by atoms with van der Waals surface area (Å²) in [5.41, 5.74) is 0.430. The molecule has 1 aromatic heterocycles. The average molecular weight is 370 g/mol. The van der Waals surface area contributed by atoms with Crippen LogP contribution < -0.4 is 24.4 Å². The summed E-state index contributed by atoms with van der Waals surface area (Å²) < 4.78 is 26.9. The minimum atomic E-state index is -0.567. The lowest BCUT2D eigenvalue weighted by atomic mass is 10.1. The van der Waals surface area contributed by atoms with Crippen molar-refractivity contribution in [3.8, 4) is 34.3 Å². The number of fused-ring (bicyclic) bond motifs is 1. The molecular formula is C20H18O7. The van der Waals surface area contributed by atoms with Gasteiger partial charge in [0.05, 0.1) is 21.3 Å². The predicted molar refractivity (Wildman–Crippen MR) is 98.9 cm³/mol. The van der Waals surface area contributed by atoms with Crippen LogP contribution in [0.3, 0.4) is 0 Å². The Bertz CT molecular complexity index is 1050. The number of benzene rings is 2. The molecule has 0 unspecified atom stereocenters. The van der Waals surface area contributed by atoms with Crippen LogP contribution in [0.25, 0.3) is 22.3 Å². The minimum absolute atomic E-state index is 0.0465. The molecule has 0 atom stereocenters. The molecule has 2 aromatic carbocycles. The van der Waals surface area contributed by atoms with E-state index in [0.29, 0.717) is 17.1 Å². The summed E-state index contributed by atoms with van der Waals surface area (Å²) in [6.07, 6.45) is 0. The first-order chi connectivity index (χ1) is 13.0. The van der Waals surface area contributed by atoms with Gasteiger partial charge in [0.15, 0.2) is 16.8 Å². The molecule has 0 radical (unpaired) electrons. The fraction of sp³-hybridized carbons (Fsp3) is 0.200. The number of esters is 1. The van der Waals surface area contributed by atoms with Gasteiger partial charge in [0, 0.05) is 24.6 Å². The Labute approximate surface area is 155 Å². The maximum Gasteiger partial charge on any atom is 0.308 e. The van der Waals surface area contributed by atoms with Crippen LogP contribution >= 0.6 is 0 Å². The molecule has 0 bridgehead atoms. The molecule has 0 amide bonds. The van der Waals surface area contributed by atoms with Crippen LogP contribution in [0.4, 0.5) is 0 Å². The maximum absolute atomic E-state index is 12.8. The van der Waals surface area contributed by atoms with Gasteiger partial charge in [0.1, 0.15) is 22.6 Å². The van der Waals surface area contributed by atoms with Gasteiger partial charge in [-0.25, -0.2) is 0 Å². The van der Waals surface area contributed by atoms with E-state index in [-0.39, 0.29) is 33.6 Å². The van der Waals surface area contributed by atoms with Gasteiger partial charge in [-0.1, -0.05) is 0 Å². The van der Waals surface area contributed by atoms with Gasteiger partial charge in [0.25, 0.3) is 0 Å². The second-order valence-corrected chi connectivity index (χ2v) is 5.61. The lowest BCUT2D eigenvalue weighted by molar-refractivity contribution is -0.131. The topological polar surface area (TPSA) is 84.2 Å². The third-order valence-electron chi connectivity index (χ3n) is 3.94. The van der Waals surface area contributed by atoms with Crippen molar-refractivity contribution in [2.75, 3.05) is 21.3 Å². The quantitative estimate of drug-likeness (QED) is 0.503. The summed E-state index contributed by atoms with van der Waals surface area (Å²) in [6, 6.07) is 9.81. The molecule has 27 heavy (non-hydrogen) atoms. The fourth-order valence-corrected chi connectivity index (χ4v) is 2.73. The van der Waals surface area contributed by atoms with E-state index < -0.39 is 5.97 Å². The van der Waals surface area contributed by atoms with Crippen molar-refractivity contribution in [1.29, 1.82) is 0 Å². The molecule has 0 aliphatic rings. The van der Waals surface area contributed by atoms with E-state index >= 15 is 0 Å². The molecule has 0 aliphatic carbocycles. The van der Waals surface area contributed by atoms with E-state index in [1.54, 1.807) is 31.4 Å². The van der Waals surface area contributed by atoms with Crippen molar-refractivity contribution in [3.63, 3.8) is 0 Å². The molecule has 0 N–H and O–H groups in total.